The number of aromatic amines is 1. The molecule has 1 fully saturated rings. The van der Waals surface area contributed by atoms with Crippen molar-refractivity contribution in [2.75, 3.05) is 12.3 Å². The van der Waals surface area contributed by atoms with Crippen molar-refractivity contribution in [2.24, 2.45) is 0 Å². The van der Waals surface area contributed by atoms with E-state index in [0.717, 1.165) is 35.6 Å². The molecule has 0 aliphatic carbocycles. The first-order valence-corrected chi connectivity index (χ1v) is 5.59. The standard InChI is InChI=1S/C12H15N3O/c1-7-4-8(6-16-7)12-14-10-3-2-9(13)5-11(10)15-12/h2-3,5,7-8H,4,6,13H2,1H3,(H,14,15). The molecule has 0 radical (unpaired) electrons. The van der Waals surface area contributed by atoms with Gasteiger partial charge in [0.05, 0.1) is 23.7 Å². The lowest BCUT2D eigenvalue weighted by Crippen LogP contribution is -1.99. The number of nitrogens with zero attached hydrogens (tertiary/aromatic N) is 1. The van der Waals surface area contributed by atoms with Crippen molar-refractivity contribution >= 4 is 16.7 Å². The van der Waals surface area contributed by atoms with Gasteiger partial charge in [0.25, 0.3) is 0 Å². The van der Waals surface area contributed by atoms with Crippen LogP contribution in [0.15, 0.2) is 18.2 Å². The highest BCUT2D eigenvalue weighted by Gasteiger charge is 2.25. The Bertz CT molecular complexity index is 520. The van der Waals surface area contributed by atoms with Crippen molar-refractivity contribution in [3.05, 3.63) is 24.0 Å². The highest BCUT2D eigenvalue weighted by molar-refractivity contribution is 5.78. The Balaban J connectivity index is 1.99. The van der Waals surface area contributed by atoms with Gasteiger partial charge in [-0.3, -0.25) is 0 Å². The smallest absolute Gasteiger partial charge is 0.112 e. The second kappa shape index (κ2) is 3.49. The molecular weight excluding hydrogens is 202 g/mol. The average molecular weight is 217 g/mol. The Labute approximate surface area is 93.8 Å². The van der Waals surface area contributed by atoms with Gasteiger partial charge >= 0.3 is 0 Å². The van der Waals surface area contributed by atoms with Crippen molar-refractivity contribution in [1.29, 1.82) is 0 Å². The number of nitrogens with two attached hydrogens (primary N) is 1. The molecule has 3 N–H and O–H groups in total. The number of rotatable bonds is 1. The van der Waals surface area contributed by atoms with Crippen LogP contribution in [0.25, 0.3) is 11.0 Å². The van der Waals surface area contributed by atoms with Gasteiger partial charge in [-0.15, -0.1) is 0 Å². The molecule has 16 heavy (non-hydrogen) atoms. The summed E-state index contributed by atoms with van der Waals surface area (Å²) in [7, 11) is 0. The van der Waals surface area contributed by atoms with Gasteiger partial charge in [-0.25, -0.2) is 4.98 Å². The van der Waals surface area contributed by atoms with E-state index >= 15 is 0 Å². The summed E-state index contributed by atoms with van der Waals surface area (Å²) in [6.45, 7) is 2.86. The van der Waals surface area contributed by atoms with Crippen molar-refractivity contribution in [2.45, 2.75) is 25.4 Å². The number of hydrogen-bond acceptors (Lipinski definition) is 3. The molecule has 2 unspecified atom stereocenters. The minimum absolute atomic E-state index is 0.336. The molecule has 1 aliphatic heterocycles. The van der Waals surface area contributed by atoms with E-state index in [2.05, 4.69) is 16.9 Å². The first-order valence-electron chi connectivity index (χ1n) is 5.59. The van der Waals surface area contributed by atoms with Gasteiger partial charge in [-0.1, -0.05) is 0 Å². The summed E-state index contributed by atoms with van der Waals surface area (Å²) in [5.74, 6) is 1.41. The zero-order valence-electron chi connectivity index (χ0n) is 9.23. The maximum Gasteiger partial charge on any atom is 0.112 e. The third-order valence-electron chi connectivity index (χ3n) is 3.11. The number of aromatic nitrogens is 2. The number of benzene rings is 1. The normalized spacial score (nSPS) is 25.3. The Morgan fingerprint density at radius 3 is 3.12 bits per heavy atom. The van der Waals surface area contributed by atoms with E-state index in [-0.39, 0.29) is 0 Å². The lowest BCUT2D eigenvalue weighted by molar-refractivity contribution is 0.123. The molecule has 1 aromatic heterocycles. The maximum atomic E-state index is 5.74. The Kier molecular flexibility index (Phi) is 2.11. The number of H-pyrrole nitrogens is 1. The van der Waals surface area contributed by atoms with Crippen LogP contribution in [0, 0.1) is 0 Å². The summed E-state index contributed by atoms with van der Waals surface area (Å²) in [6.07, 6.45) is 1.37. The van der Waals surface area contributed by atoms with Crippen LogP contribution in [0.2, 0.25) is 0 Å². The van der Waals surface area contributed by atoms with Crippen LogP contribution in [-0.2, 0) is 4.74 Å². The van der Waals surface area contributed by atoms with E-state index in [4.69, 9.17) is 10.5 Å². The van der Waals surface area contributed by atoms with E-state index in [1.54, 1.807) is 0 Å². The van der Waals surface area contributed by atoms with Crippen molar-refractivity contribution in [3.63, 3.8) is 0 Å². The molecule has 2 atom stereocenters. The van der Waals surface area contributed by atoms with E-state index in [0.29, 0.717) is 12.0 Å². The van der Waals surface area contributed by atoms with E-state index in [9.17, 15) is 0 Å². The van der Waals surface area contributed by atoms with E-state index in [1.807, 2.05) is 18.2 Å². The fourth-order valence-electron chi connectivity index (χ4n) is 2.25. The largest absolute Gasteiger partial charge is 0.399 e. The second-order valence-electron chi connectivity index (χ2n) is 4.48. The van der Waals surface area contributed by atoms with Crippen LogP contribution < -0.4 is 5.73 Å². The second-order valence-corrected chi connectivity index (χ2v) is 4.48. The monoisotopic (exact) mass is 217 g/mol. The predicted molar refractivity (Wildman–Crippen MR) is 63.3 cm³/mol. The van der Waals surface area contributed by atoms with Gasteiger partial charge in [-0.05, 0) is 31.5 Å². The number of anilines is 1. The van der Waals surface area contributed by atoms with Crippen molar-refractivity contribution in [1.82, 2.24) is 9.97 Å². The zero-order chi connectivity index (χ0) is 11.1. The minimum Gasteiger partial charge on any atom is -0.399 e. The molecule has 0 saturated carbocycles. The maximum absolute atomic E-state index is 5.74. The fraction of sp³-hybridized carbons (Fsp3) is 0.417. The molecule has 2 heterocycles. The van der Waals surface area contributed by atoms with E-state index < -0.39 is 0 Å². The first-order chi connectivity index (χ1) is 7.72. The summed E-state index contributed by atoms with van der Waals surface area (Å²) < 4.78 is 5.55. The van der Waals surface area contributed by atoms with Gasteiger partial charge in [0.2, 0.25) is 0 Å². The zero-order valence-corrected chi connectivity index (χ0v) is 9.23. The van der Waals surface area contributed by atoms with Crippen LogP contribution in [0.1, 0.15) is 25.1 Å². The molecule has 2 aromatic rings. The van der Waals surface area contributed by atoms with Gasteiger partial charge in [0.15, 0.2) is 0 Å². The molecule has 0 amide bonds. The van der Waals surface area contributed by atoms with Crippen LogP contribution in [0.5, 0.6) is 0 Å². The number of imidazole rings is 1. The van der Waals surface area contributed by atoms with Gasteiger partial charge in [-0.2, -0.15) is 0 Å². The molecule has 1 aliphatic rings. The molecule has 4 heteroatoms. The molecule has 0 bridgehead atoms. The Morgan fingerprint density at radius 2 is 2.38 bits per heavy atom. The molecule has 1 aromatic carbocycles. The number of nitrogen functional groups attached to an aromatic ring is 1. The highest BCUT2D eigenvalue weighted by atomic mass is 16.5. The topological polar surface area (TPSA) is 63.9 Å². The third kappa shape index (κ3) is 1.55. The summed E-state index contributed by atoms with van der Waals surface area (Å²) in [6, 6.07) is 5.75. The predicted octanol–water partition coefficient (Wildman–Crippen LogP) is 2.04. The summed E-state index contributed by atoms with van der Waals surface area (Å²) in [4.78, 5) is 7.91. The van der Waals surface area contributed by atoms with Crippen molar-refractivity contribution in [3.8, 4) is 0 Å². The third-order valence-corrected chi connectivity index (χ3v) is 3.11. The summed E-state index contributed by atoms with van der Waals surface area (Å²) in [5, 5.41) is 0. The Hall–Kier alpha value is -1.55. The minimum atomic E-state index is 0.336. The van der Waals surface area contributed by atoms with Crippen LogP contribution in [0.4, 0.5) is 5.69 Å². The first kappa shape index (κ1) is 9.66. The average Bonchev–Trinajstić information content (AvgIpc) is 2.83. The highest BCUT2D eigenvalue weighted by Crippen LogP contribution is 2.28. The van der Waals surface area contributed by atoms with Crippen LogP contribution in [0.3, 0.4) is 0 Å². The SMILES string of the molecule is CC1CC(c2nc3ccc(N)cc3[nH]2)CO1. The molecule has 3 rings (SSSR count). The summed E-state index contributed by atoms with van der Waals surface area (Å²) >= 11 is 0. The van der Waals surface area contributed by atoms with Gasteiger partial charge in [0, 0.05) is 11.6 Å². The van der Waals surface area contributed by atoms with E-state index in [1.165, 1.54) is 0 Å². The molecule has 84 valence electrons. The molecular formula is C12H15N3O. The quantitative estimate of drug-likeness (QED) is 0.718. The number of nitrogens with one attached hydrogen (secondary N) is 1. The van der Waals surface area contributed by atoms with Gasteiger partial charge < -0.3 is 15.5 Å². The summed E-state index contributed by atoms with van der Waals surface area (Å²) in [5.41, 5.74) is 8.48. The molecule has 4 nitrogen and oxygen atoms in total. The molecule has 1 saturated heterocycles. The Morgan fingerprint density at radius 1 is 1.50 bits per heavy atom. The number of fused-ring (bicyclic) bond motifs is 1. The lowest BCUT2D eigenvalue weighted by atomic mass is 10.1. The van der Waals surface area contributed by atoms with Crippen molar-refractivity contribution < 1.29 is 4.74 Å². The van der Waals surface area contributed by atoms with Crippen LogP contribution in [-0.4, -0.2) is 22.7 Å². The number of hydrogen-bond donors (Lipinski definition) is 2. The number of ether oxygens (including phenoxy) is 1. The van der Waals surface area contributed by atoms with Gasteiger partial charge in [0.1, 0.15) is 5.82 Å². The molecule has 0 spiro atoms. The lowest BCUT2D eigenvalue weighted by Gasteiger charge is -2.01. The van der Waals surface area contributed by atoms with Crippen LogP contribution >= 0.6 is 0 Å². The fourth-order valence-corrected chi connectivity index (χ4v) is 2.25.